The molecule has 1 atom stereocenters. The Bertz CT molecular complexity index is 452. The van der Waals surface area contributed by atoms with Crippen molar-refractivity contribution in [2.24, 2.45) is 0 Å². The largest absolute Gasteiger partial charge is 0.496 e. The van der Waals surface area contributed by atoms with Gasteiger partial charge in [-0.1, -0.05) is 6.07 Å². The van der Waals surface area contributed by atoms with Crippen LogP contribution in [-0.2, 0) is 6.54 Å². The number of methoxy groups -OCH3 is 1. The minimum absolute atomic E-state index is 0.801. The second-order valence-electron chi connectivity index (χ2n) is 5.54. The fraction of sp³-hybridized carbons (Fsp3) is 0.600. The van der Waals surface area contributed by atoms with Gasteiger partial charge in [0.05, 0.1) is 11.6 Å². The Morgan fingerprint density at radius 3 is 3.00 bits per heavy atom. The zero-order valence-electron chi connectivity index (χ0n) is 11.4. The zero-order valence-corrected chi connectivity index (χ0v) is 13.0. The molecule has 4 heteroatoms. The van der Waals surface area contributed by atoms with E-state index in [2.05, 4.69) is 37.9 Å². The summed E-state index contributed by atoms with van der Waals surface area (Å²) in [4.78, 5) is 5.24. The van der Waals surface area contributed by atoms with Gasteiger partial charge in [-0.15, -0.1) is 0 Å². The summed E-state index contributed by atoms with van der Waals surface area (Å²) in [5, 5.41) is 0. The molecule has 0 radical (unpaired) electrons. The van der Waals surface area contributed by atoms with Crippen molar-refractivity contribution in [1.82, 2.24) is 9.80 Å². The van der Waals surface area contributed by atoms with Crippen LogP contribution in [-0.4, -0.2) is 49.1 Å². The highest BCUT2D eigenvalue weighted by Gasteiger charge is 2.30. The van der Waals surface area contributed by atoms with E-state index < -0.39 is 0 Å². The lowest BCUT2D eigenvalue weighted by Gasteiger charge is -2.37. The van der Waals surface area contributed by atoms with Crippen LogP contribution in [0.3, 0.4) is 0 Å². The fourth-order valence-electron chi connectivity index (χ4n) is 3.27. The topological polar surface area (TPSA) is 15.7 Å². The SMILES string of the molecule is COc1ccc(CN2CCN3CCCC3C2)cc1Br. The molecule has 1 aromatic carbocycles. The van der Waals surface area contributed by atoms with E-state index in [4.69, 9.17) is 4.74 Å². The summed E-state index contributed by atoms with van der Waals surface area (Å²) >= 11 is 3.57. The highest BCUT2D eigenvalue weighted by atomic mass is 79.9. The predicted octanol–water partition coefficient (Wildman–Crippen LogP) is 2.74. The molecule has 0 saturated carbocycles. The van der Waals surface area contributed by atoms with Gasteiger partial charge in [0.2, 0.25) is 0 Å². The number of nitrogens with zero attached hydrogens (tertiary/aromatic N) is 2. The van der Waals surface area contributed by atoms with Crippen LogP contribution >= 0.6 is 15.9 Å². The predicted molar refractivity (Wildman–Crippen MR) is 80.6 cm³/mol. The van der Waals surface area contributed by atoms with E-state index >= 15 is 0 Å². The Kier molecular flexibility index (Phi) is 4.10. The fourth-order valence-corrected chi connectivity index (χ4v) is 3.85. The highest BCUT2D eigenvalue weighted by molar-refractivity contribution is 9.10. The summed E-state index contributed by atoms with van der Waals surface area (Å²) in [6.07, 6.45) is 2.76. The molecular formula is C15H21BrN2O. The minimum Gasteiger partial charge on any atom is -0.496 e. The zero-order chi connectivity index (χ0) is 13.2. The summed E-state index contributed by atoms with van der Waals surface area (Å²) in [5.41, 5.74) is 1.36. The maximum atomic E-state index is 5.28. The van der Waals surface area contributed by atoms with Crippen LogP contribution in [0.25, 0.3) is 0 Å². The van der Waals surface area contributed by atoms with Gasteiger partial charge in [0.1, 0.15) is 5.75 Å². The molecule has 0 amide bonds. The van der Waals surface area contributed by atoms with Crippen molar-refractivity contribution in [3.63, 3.8) is 0 Å². The third-order valence-electron chi connectivity index (χ3n) is 4.29. The van der Waals surface area contributed by atoms with Gasteiger partial charge in [-0.2, -0.15) is 0 Å². The average molecular weight is 325 g/mol. The molecule has 104 valence electrons. The van der Waals surface area contributed by atoms with Crippen LogP contribution in [0, 0.1) is 0 Å². The van der Waals surface area contributed by atoms with Crippen molar-refractivity contribution in [3.05, 3.63) is 28.2 Å². The highest BCUT2D eigenvalue weighted by Crippen LogP contribution is 2.27. The summed E-state index contributed by atoms with van der Waals surface area (Å²) in [5.74, 6) is 0.907. The molecule has 0 bridgehead atoms. The smallest absolute Gasteiger partial charge is 0.133 e. The molecule has 0 aromatic heterocycles. The number of hydrogen-bond donors (Lipinski definition) is 0. The second-order valence-corrected chi connectivity index (χ2v) is 6.39. The third-order valence-corrected chi connectivity index (χ3v) is 4.91. The van der Waals surface area contributed by atoms with Gasteiger partial charge in [0.15, 0.2) is 0 Å². The monoisotopic (exact) mass is 324 g/mol. The maximum Gasteiger partial charge on any atom is 0.133 e. The van der Waals surface area contributed by atoms with Crippen LogP contribution in [0.4, 0.5) is 0 Å². The number of benzene rings is 1. The van der Waals surface area contributed by atoms with Crippen molar-refractivity contribution in [2.45, 2.75) is 25.4 Å². The summed E-state index contributed by atoms with van der Waals surface area (Å²) in [6.45, 7) is 6.02. The Hall–Kier alpha value is -0.580. The number of fused-ring (bicyclic) bond motifs is 1. The van der Waals surface area contributed by atoms with E-state index in [1.807, 2.05) is 6.07 Å². The van der Waals surface area contributed by atoms with Gasteiger partial charge >= 0.3 is 0 Å². The van der Waals surface area contributed by atoms with Crippen LogP contribution in [0.1, 0.15) is 18.4 Å². The number of hydrogen-bond acceptors (Lipinski definition) is 3. The van der Waals surface area contributed by atoms with Crippen molar-refractivity contribution in [1.29, 1.82) is 0 Å². The van der Waals surface area contributed by atoms with Crippen LogP contribution in [0.2, 0.25) is 0 Å². The molecule has 1 aromatic rings. The van der Waals surface area contributed by atoms with Gasteiger partial charge in [-0.25, -0.2) is 0 Å². The lowest BCUT2D eigenvalue weighted by atomic mass is 10.1. The van der Waals surface area contributed by atoms with E-state index in [0.29, 0.717) is 0 Å². The molecule has 2 saturated heterocycles. The Balaban J connectivity index is 1.63. The number of piperazine rings is 1. The molecular weight excluding hydrogens is 304 g/mol. The first-order valence-corrected chi connectivity index (χ1v) is 7.84. The van der Waals surface area contributed by atoms with E-state index in [1.54, 1.807) is 7.11 Å². The van der Waals surface area contributed by atoms with E-state index in [0.717, 1.165) is 22.8 Å². The molecule has 0 N–H and O–H groups in total. The first-order chi connectivity index (χ1) is 9.26. The molecule has 2 aliphatic rings. The molecule has 3 nitrogen and oxygen atoms in total. The summed E-state index contributed by atoms with van der Waals surface area (Å²) in [6, 6.07) is 7.20. The molecule has 3 rings (SSSR count). The maximum absolute atomic E-state index is 5.28. The van der Waals surface area contributed by atoms with E-state index in [-0.39, 0.29) is 0 Å². The van der Waals surface area contributed by atoms with Crippen molar-refractivity contribution >= 4 is 15.9 Å². The average Bonchev–Trinajstić information content (AvgIpc) is 2.86. The first-order valence-electron chi connectivity index (χ1n) is 7.05. The van der Waals surface area contributed by atoms with Gasteiger partial charge < -0.3 is 4.74 Å². The summed E-state index contributed by atoms with van der Waals surface area (Å²) < 4.78 is 6.33. The standard InChI is InChI=1S/C15H21BrN2O/c1-19-15-5-4-12(9-14(15)16)10-17-7-8-18-6-2-3-13(18)11-17/h4-5,9,13H,2-3,6-8,10-11H2,1H3. The second kappa shape index (κ2) is 5.81. The van der Waals surface area contributed by atoms with Gasteiger partial charge in [-0.3, -0.25) is 9.80 Å². The van der Waals surface area contributed by atoms with Crippen LogP contribution in [0.15, 0.2) is 22.7 Å². The Morgan fingerprint density at radius 1 is 1.32 bits per heavy atom. The lowest BCUT2D eigenvalue weighted by Crippen LogP contribution is -2.49. The lowest BCUT2D eigenvalue weighted by molar-refractivity contribution is 0.0993. The molecule has 19 heavy (non-hydrogen) atoms. The minimum atomic E-state index is 0.801. The van der Waals surface area contributed by atoms with Crippen molar-refractivity contribution < 1.29 is 4.74 Å². The van der Waals surface area contributed by atoms with Crippen molar-refractivity contribution in [3.8, 4) is 5.75 Å². The number of halogens is 1. The molecule has 0 spiro atoms. The summed E-state index contributed by atoms with van der Waals surface area (Å²) in [7, 11) is 1.71. The van der Waals surface area contributed by atoms with Gasteiger partial charge in [0, 0.05) is 32.2 Å². The molecule has 1 unspecified atom stereocenters. The van der Waals surface area contributed by atoms with Crippen LogP contribution in [0.5, 0.6) is 5.75 Å². The van der Waals surface area contributed by atoms with E-state index in [1.165, 1.54) is 44.6 Å². The molecule has 2 aliphatic heterocycles. The molecule has 2 fully saturated rings. The van der Waals surface area contributed by atoms with E-state index in [9.17, 15) is 0 Å². The van der Waals surface area contributed by atoms with Gasteiger partial charge in [0.25, 0.3) is 0 Å². The molecule has 0 aliphatic carbocycles. The van der Waals surface area contributed by atoms with Crippen LogP contribution < -0.4 is 4.74 Å². The van der Waals surface area contributed by atoms with Crippen molar-refractivity contribution in [2.75, 3.05) is 33.3 Å². The Morgan fingerprint density at radius 2 is 2.21 bits per heavy atom. The number of ether oxygens (including phenoxy) is 1. The quantitative estimate of drug-likeness (QED) is 0.850. The Labute approximate surface area is 123 Å². The van der Waals surface area contributed by atoms with Gasteiger partial charge in [-0.05, 0) is 53.0 Å². The number of rotatable bonds is 3. The third kappa shape index (κ3) is 2.96. The normalized spacial score (nSPS) is 24.4. The molecule has 2 heterocycles. The first kappa shape index (κ1) is 13.4.